The number of carboxylic acid groups (broad SMARTS) is 1. The fourth-order valence-corrected chi connectivity index (χ4v) is 2.48. The number of amides is 1. The Balaban J connectivity index is 2.17. The quantitative estimate of drug-likeness (QED) is 0.716. The maximum absolute atomic E-state index is 11.9. The lowest BCUT2D eigenvalue weighted by Crippen LogP contribution is -2.46. The van der Waals surface area contributed by atoms with Gasteiger partial charge in [-0.15, -0.1) is 11.3 Å². The molecule has 1 aromatic heterocycles. The van der Waals surface area contributed by atoms with Crippen molar-refractivity contribution < 1.29 is 14.7 Å². The van der Waals surface area contributed by atoms with Gasteiger partial charge in [-0.1, -0.05) is 6.07 Å². The Hall–Kier alpha value is -1.36. The molecule has 2 rings (SSSR count). The van der Waals surface area contributed by atoms with E-state index in [0.717, 1.165) is 6.42 Å². The van der Waals surface area contributed by atoms with E-state index in [0.29, 0.717) is 17.8 Å². The highest BCUT2D eigenvalue weighted by Crippen LogP contribution is 2.21. The first-order valence-electron chi connectivity index (χ1n) is 4.75. The SMILES string of the molecule is O=C([O-])[C@@H]1CCCN1C(=O)c1cccs1. The molecular formula is C10H10NO3S-. The summed E-state index contributed by atoms with van der Waals surface area (Å²) in [5, 5.41) is 12.6. The lowest BCUT2D eigenvalue weighted by Gasteiger charge is -2.24. The van der Waals surface area contributed by atoms with E-state index < -0.39 is 12.0 Å². The molecule has 5 heteroatoms. The Morgan fingerprint density at radius 1 is 1.53 bits per heavy atom. The van der Waals surface area contributed by atoms with Gasteiger partial charge in [0.15, 0.2) is 0 Å². The number of aliphatic carboxylic acids is 1. The average Bonchev–Trinajstić information content (AvgIpc) is 2.88. The summed E-state index contributed by atoms with van der Waals surface area (Å²) in [7, 11) is 0. The number of nitrogens with zero attached hydrogens (tertiary/aromatic N) is 1. The van der Waals surface area contributed by atoms with E-state index in [1.807, 2.05) is 0 Å². The molecule has 0 N–H and O–H groups in total. The van der Waals surface area contributed by atoms with Gasteiger partial charge in [0.2, 0.25) is 0 Å². The molecule has 80 valence electrons. The van der Waals surface area contributed by atoms with Crippen molar-refractivity contribution in [3.05, 3.63) is 22.4 Å². The highest BCUT2D eigenvalue weighted by molar-refractivity contribution is 7.12. The van der Waals surface area contributed by atoms with E-state index in [1.165, 1.54) is 16.2 Å². The summed E-state index contributed by atoms with van der Waals surface area (Å²) in [5.41, 5.74) is 0. The molecule has 0 spiro atoms. The molecule has 0 aliphatic carbocycles. The fraction of sp³-hybridized carbons (Fsp3) is 0.400. The van der Waals surface area contributed by atoms with Crippen LogP contribution in [0.4, 0.5) is 0 Å². The Morgan fingerprint density at radius 3 is 2.93 bits per heavy atom. The van der Waals surface area contributed by atoms with Gasteiger partial charge in [0.05, 0.1) is 16.9 Å². The van der Waals surface area contributed by atoms with Gasteiger partial charge in [-0.25, -0.2) is 0 Å². The van der Waals surface area contributed by atoms with Crippen molar-refractivity contribution in [1.29, 1.82) is 0 Å². The standard InChI is InChI=1S/C10H11NO3S/c12-9(8-4-2-6-15-8)11-5-1-3-7(11)10(13)14/h2,4,6-7H,1,3,5H2,(H,13,14)/p-1/t7-/m0/s1. The number of hydrogen-bond donors (Lipinski definition) is 0. The second-order valence-corrected chi connectivity index (χ2v) is 4.40. The minimum atomic E-state index is -1.16. The monoisotopic (exact) mass is 224 g/mol. The fourth-order valence-electron chi connectivity index (χ4n) is 1.80. The first-order chi connectivity index (χ1) is 7.20. The van der Waals surface area contributed by atoms with Crippen LogP contribution in [0.5, 0.6) is 0 Å². The third-order valence-corrected chi connectivity index (χ3v) is 3.38. The number of carboxylic acids is 1. The van der Waals surface area contributed by atoms with Crippen molar-refractivity contribution in [1.82, 2.24) is 4.90 Å². The van der Waals surface area contributed by atoms with Crippen molar-refractivity contribution in [2.75, 3.05) is 6.54 Å². The molecule has 0 bridgehead atoms. The second kappa shape index (κ2) is 4.02. The largest absolute Gasteiger partial charge is 0.548 e. The number of rotatable bonds is 2. The lowest BCUT2D eigenvalue weighted by atomic mass is 10.2. The lowest BCUT2D eigenvalue weighted by molar-refractivity contribution is -0.310. The number of carbonyl (C=O) groups excluding carboxylic acids is 2. The van der Waals surface area contributed by atoms with E-state index in [4.69, 9.17) is 0 Å². The zero-order valence-corrected chi connectivity index (χ0v) is 8.83. The van der Waals surface area contributed by atoms with Gasteiger partial charge in [0.25, 0.3) is 5.91 Å². The third kappa shape index (κ3) is 1.87. The maximum Gasteiger partial charge on any atom is 0.264 e. The van der Waals surface area contributed by atoms with E-state index in [-0.39, 0.29) is 5.91 Å². The minimum Gasteiger partial charge on any atom is -0.548 e. The molecule has 2 heterocycles. The summed E-state index contributed by atoms with van der Waals surface area (Å²) in [6.07, 6.45) is 1.23. The van der Waals surface area contributed by atoms with Crippen molar-refractivity contribution in [2.45, 2.75) is 18.9 Å². The molecule has 1 fully saturated rings. The van der Waals surface area contributed by atoms with Crippen molar-refractivity contribution in [2.24, 2.45) is 0 Å². The summed E-state index contributed by atoms with van der Waals surface area (Å²) < 4.78 is 0. The molecule has 1 aliphatic rings. The van der Waals surface area contributed by atoms with Crippen molar-refractivity contribution in [3.8, 4) is 0 Å². The summed E-state index contributed by atoms with van der Waals surface area (Å²) in [5.74, 6) is -1.35. The van der Waals surface area contributed by atoms with E-state index in [2.05, 4.69) is 0 Å². The van der Waals surface area contributed by atoms with Crippen LogP contribution in [-0.2, 0) is 4.79 Å². The Bertz CT molecular complexity index is 374. The molecule has 4 nitrogen and oxygen atoms in total. The smallest absolute Gasteiger partial charge is 0.264 e. The van der Waals surface area contributed by atoms with Gasteiger partial charge in [-0.05, 0) is 24.3 Å². The Morgan fingerprint density at radius 2 is 2.33 bits per heavy atom. The summed E-state index contributed by atoms with van der Waals surface area (Å²) >= 11 is 1.33. The van der Waals surface area contributed by atoms with Crippen LogP contribution in [0, 0.1) is 0 Å². The molecule has 15 heavy (non-hydrogen) atoms. The number of hydrogen-bond acceptors (Lipinski definition) is 4. The predicted molar refractivity (Wildman–Crippen MR) is 53.4 cm³/mol. The molecule has 0 saturated carbocycles. The molecule has 1 saturated heterocycles. The van der Waals surface area contributed by atoms with Crippen molar-refractivity contribution >= 4 is 23.2 Å². The minimum absolute atomic E-state index is 0.197. The molecular weight excluding hydrogens is 214 g/mol. The van der Waals surface area contributed by atoms with Gasteiger partial charge in [0, 0.05) is 6.54 Å². The van der Waals surface area contributed by atoms with Gasteiger partial charge in [-0.2, -0.15) is 0 Å². The van der Waals surface area contributed by atoms with Crippen LogP contribution in [0.1, 0.15) is 22.5 Å². The summed E-state index contributed by atoms with van der Waals surface area (Å²) in [6, 6.07) is 2.74. The molecule has 0 aromatic carbocycles. The van der Waals surface area contributed by atoms with Gasteiger partial charge < -0.3 is 14.8 Å². The predicted octanol–water partition coefficient (Wildman–Crippen LogP) is 0.103. The Kier molecular flexibility index (Phi) is 2.73. The molecule has 0 radical (unpaired) electrons. The zero-order valence-electron chi connectivity index (χ0n) is 8.01. The number of likely N-dealkylation sites (tertiary alicyclic amines) is 1. The maximum atomic E-state index is 11.9. The highest BCUT2D eigenvalue weighted by atomic mass is 32.1. The Labute approximate surface area is 91.1 Å². The molecule has 1 amide bonds. The molecule has 0 unspecified atom stereocenters. The topological polar surface area (TPSA) is 60.4 Å². The van der Waals surface area contributed by atoms with Gasteiger partial charge in [-0.3, -0.25) is 4.79 Å². The first kappa shape index (κ1) is 10.2. The van der Waals surface area contributed by atoms with Gasteiger partial charge in [0.1, 0.15) is 0 Å². The van der Waals surface area contributed by atoms with Crippen LogP contribution >= 0.6 is 11.3 Å². The van der Waals surface area contributed by atoms with Crippen LogP contribution in [0.15, 0.2) is 17.5 Å². The van der Waals surface area contributed by atoms with Crippen LogP contribution in [0.2, 0.25) is 0 Å². The van der Waals surface area contributed by atoms with Crippen LogP contribution < -0.4 is 5.11 Å². The normalized spacial score (nSPS) is 20.5. The zero-order chi connectivity index (χ0) is 10.8. The van der Waals surface area contributed by atoms with E-state index in [9.17, 15) is 14.7 Å². The third-order valence-electron chi connectivity index (χ3n) is 2.52. The van der Waals surface area contributed by atoms with Crippen molar-refractivity contribution in [3.63, 3.8) is 0 Å². The second-order valence-electron chi connectivity index (χ2n) is 3.45. The van der Waals surface area contributed by atoms with E-state index in [1.54, 1.807) is 17.5 Å². The van der Waals surface area contributed by atoms with Crippen LogP contribution in [-0.4, -0.2) is 29.4 Å². The molecule has 1 atom stereocenters. The molecule has 1 aromatic rings. The number of carbonyl (C=O) groups is 2. The summed E-state index contributed by atoms with van der Waals surface area (Å²) in [4.78, 5) is 24.6. The van der Waals surface area contributed by atoms with Crippen LogP contribution in [0.25, 0.3) is 0 Å². The highest BCUT2D eigenvalue weighted by Gasteiger charge is 2.30. The van der Waals surface area contributed by atoms with Crippen LogP contribution in [0.3, 0.4) is 0 Å². The molecule has 1 aliphatic heterocycles. The summed E-state index contributed by atoms with van der Waals surface area (Å²) in [6.45, 7) is 0.509. The average molecular weight is 224 g/mol. The number of thiophene rings is 1. The van der Waals surface area contributed by atoms with E-state index >= 15 is 0 Å². The first-order valence-corrected chi connectivity index (χ1v) is 5.63. The van der Waals surface area contributed by atoms with Gasteiger partial charge >= 0.3 is 0 Å².